The first-order valence-electron chi connectivity index (χ1n) is 4.45. The fraction of sp³-hybridized carbons (Fsp3) is 0.250. The zero-order valence-electron chi connectivity index (χ0n) is 8.44. The Balaban J connectivity index is 0.000000531. The molecule has 7 heteroatoms. The Morgan fingerprint density at radius 2 is 2.27 bits per heavy atom. The molecule has 1 unspecified atom stereocenters. The maximum Gasteiger partial charge on any atom is 0.169 e. The fourth-order valence-electron chi connectivity index (χ4n) is 1.01. The van der Waals surface area contributed by atoms with Crippen molar-refractivity contribution < 1.29 is 0 Å². The van der Waals surface area contributed by atoms with Crippen LogP contribution in [0.4, 0.5) is 5.82 Å². The number of nitrogens with zero attached hydrogens (tertiary/aromatic N) is 3. The van der Waals surface area contributed by atoms with Gasteiger partial charge in [-0.1, -0.05) is 13.8 Å². The van der Waals surface area contributed by atoms with Gasteiger partial charge in [0, 0.05) is 36.5 Å². The van der Waals surface area contributed by atoms with Gasteiger partial charge in [0.25, 0.3) is 0 Å². The molecule has 0 aromatic carbocycles. The van der Waals surface area contributed by atoms with Crippen LogP contribution in [0.5, 0.6) is 0 Å². The van der Waals surface area contributed by atoms with Gasteiger partial charge in [-0.05, 0) is 15.5 Å². The van der Waals surface area contributed by atoms with E-state index in [1.165, 1.54) is 0 Å². The van der Waals surface area contributed by atoms with Gasteiger partial charge in [0.1, 0.15) is 11.3 Å². The van der Waals surface area contributed by atoms with Crippen molar-refractivity contribution in [3.05, 3.63) is 18.5 Å². The molecule has 0 saturated heterocycles. The lowest BCUT2D eigenvalue weighted by Crippen LogP contribution is -1.89. The van der Waals surface area contributed by atoms with Crippen molar-refractivity contribution >= 4 is 56.7 Å². The minimum Gasteiger partial charge on any atom is -0.353 e. The van der Waals surface area contributed by atoms with E-state index in [9.17, 15) is 0 Å². The van der Waals surface area contributed by atoms with Gasteiger partial charge in [-0.25, -0.2) is 9.97 Å². The fourth-order valence-corrected chi connectivity index (χ4v) is 2.42. The minimum absolute atomic E-state index is 0.758. The molecule has 2 aromatic rings. The van der Waals surface area contributed by atoms with E-state index in [1.807, 2.05) is 30.1 Å². The van der Waals surface area contributed by atoms with E-state index >= 15 is 0 Å². The largest absolute Gasteiger partial charge is 0.353 e. The predicted octanol–water partition coefficient (Wildman–Crippen LogP) is 3.51. The maximum atomic E-state index is 4.33. The number of nitrogens with one attached hydrogen (secondary N) is 1. The first-order valence-corrected chi connectivity index (χ1v) is 8.34. The Morgan fingerprint density at radius 3 is 2.87 bits per heavy atom. The molecule has 0 saturated carbocycles. The van der Waals surface area contributed by atoms with Crippen LogP contribution in [-0.2, 0) is 0 Å². The topological polar surface area (TPSA) is 42.7 Å². The van der Waals surface area contributed by atoms with Crippen LogP contribution in [0.1, 0.15) is 13.8 Å². The molecule has 0 aliphatic heterocycles. The molecular weight excluding hydrogens is 342 g/mol. The van der Waals surface area contributed by atoms with Crippen LogP contribution in [-0.4, -0.2) is 13.9 Å². The number of hydrogen-bond acceptors (Lipinski definition) is 4. The summed E-state index contributed by atoms with van der Waals surface area (Å²) >= 11 is 2.21. The van der Waals surface area contributed by atoms with Crippen molar-refractivity contribution in [3.63, 3.8) is 0 Å². The molecule has 0 aliphatic rings. The smallest absolute Gasteiger partial charge is 0.169 e. The second-order valence-electron chi connectivity index (χ2n) is 2.32. The summed E-state index contributed by atoms with van der Waals surface area (Å²) in [6, 6.07) is 1.94. The third-order valence-corrected chi connectivity index (χ3v) is 3.59. The normalized spacial score (nSPS) is 9.60. The lowest BCUT2D eigenvalue weighted by atomic mass is 10.5. The van der Waals surface area contributed by atoms with E-state index in [1.54, 1.807) is 15.3 Å². The molecule has 82 valence electrons. The summed E-state index contributed by atoms with van der Waals surface area (Å²) in [5, 5.41) is 2.87. The van der Waals surface area contributed by atoms with Crippen molar-refractivity contribution in [3.8, 4) is 0 Å². The highest BCUT2D eigenvalue weighted by Gasteiger charge is 2.03. The molecular formula is C8H12IN4PS. The van der Waals surface area contributed by atoms with Crippen molar-refractivity contribution in [1.82, 2.24) is 13.9 Å². The van der Waals surface area contributed by atoms with Gasteiger partial charge in [-0.2, -0.15) is 0 Å². The van der Waals surface area contributed by atoms with Gasteiger partial charge in [-0.3, -0.25) is 3.97 Å². The molecule has 1 N–H and O–H groups in total. The van der Waals surface area contributed by atoms with Crippen LogP contribution in [0, 0.1) is 0 Å². The van der Waals surface area contributed by atoms with E-state index in [4.69, 9.17) is 0 Å². The van der Waals surface area contributed by atoms with Crippen LogP contribution in [0.2, 0.25) is 0 Å². The summed E-state index contributed by atoms with van der Waals surface area (Å²) in [7, 11) is 3.97. The second kappa shape index (κ2) is 6.50. The Labute approximate surface area is 108 Å². The lowest BCUT2D eigenvalue weighted by Gasteiger charge is -1.98. The summed E-state index contributed by atoms with van der Waals surface area (Å²) in [6.45, 7) is 4.00. The third-order valence-electron chi connectivity index (χ3n) is 1.58. The van der Waals surface area contributed by atoms with Gasteiger partial charge < -0.3 is 5.09 Å². The van der Waals surface area contributed by atoms with Gasteiger partial charge >= 0.3 is 0 Å². The van der Waals surface area contributed by atoms with Gasteiger partial charge in [0.15, 0.2) is 5.65 Å². The van der Waals surface area contributed by atoms with Crippen molar-refractivity contribution in [2.24, 2.45) is 0 Å². The van der Waals surface area contributed by atoms with Crippen LogP contribution < -0.4 is 5.09 Å². The molecule has 0 fully saturated rings. The van der Waals surface area contributed by atoms with Crippen molar-refractivity contribution in [1.29, 1.82) is 0 Å². The standard InChI is InChI=1S/C6H6IN4PS.C2H6/c7-13-11-2-1-4-6(11)8-3-5(9-4)10-12;1-2/h1-3H,12H2,(H,9,10);1-2H3. The molecule has 15 heavy (non-hydrogen) atoms. The highest BCUT2D eigenvalue weighted by molar-refractivity contribution is 14.2. The summed E-state index contributed by atoms with van der Waals surface area (Å²) < 4.78 is 1.97. The highest BCUT2D eigenvalue weighted by atomic mass is 127. The average molecular weight is 354 g/mol. The van der Waals surface area contributed by atoms with Crippen LogP contribution >= 0.6 is 39.7 Å². The quantitative estimate of drug-likeness (QED) is 0.662. The monoisotopic (exact) mass is 354 g/mol. The molecule has 4 nitrogen and oxygen atoms in total. The van der Waals surface area contributed by atoms with E-state index in [-0.39, 0.29) is 0 Å². The SMILES string of the molecule is CC.PNc1cnc2c(ccn2SI)n1. The molecule has 0 aliphatic carbocycles. The van der Waals surface area contributed by atoms with Crippen molar-refractivity contribution in [2.75, 3.05) is 5.09 Å². The Hall–Kier alpha value is -0.0700. The van der Waals surface area contributed by atoms with E-state index in [0.717, 1.165) is 17.0 Å². The molecule has 1 atom stereocenters. The summed E-state index contributed by atoms with van der Waals surface area (Å²) in [4.78, 5) is 8.61. The second-order valence-corrected chi connectivity index (χ2v) is 4.32. The highest BCUT2D eigenvalue weighted by Crippen LogP contribution is 2.22. The van der Waals surface area contributed by atoms with Crippen LogP contribution in [0.15, 0.2) is 18.5 Å². The number of fused-ring (bicyclic) bond motifs is 1. The molecule has 2 aromatic heterocycles. The number of hydrogen-bond donors (Lipinski definition) is 1. The van der Waals surface area contributed by atoms with Crippen LogP contribution in [0.3, 0.4) is 0 Å². The Bertz CT molecular complexity index is 433. The average Bonchev–Trinajstić information content (AvgIpc) is 2.73. The molecule has 0 spiro atoms. The van der Waals surface area contributed by atoms with E-state index < -0.39 is 0 Å². The molecule has 0 bridgehead atoms. The molecule has 2 rings (SSSR count). The maximum absolute atomic E-state index is 4.33. The molecule has 0 amide bonds. The zero-order chi connectivity index (χ0) is 11.3. The van der Waals surface area contributed by atoms with Crippen molar-refractivity contribution in [2.45, 2.75) is 13.8 Å². The number of anilines is 1. The number of halogens is 1. The Kier molecular flexibility index (Phi) is 5.63. The van der Waals surface area contributed by atoms with E-state index in [0.29, 0.717) is 0 Å². The number of aromatic nitrogens is 3. The van der Waals surface area contributed by atoms with Gasteiger partial charge in [-0.15, -0.1) is 0 Å². The van der Waals surface area contributed by atoms with Gasteiger partial charge in [0.05, 0.1) is 6.20 Å². The molecule has 2 heterocycles. The zero-order valence-corrected chi connectivity index (χ0v) is 12.6. The first kappa shape index (κ1) is 13.0. The van der Waals surface area contributed by atoms with Crippen LogP contribution in [0.25, 0.3) is 11.2 Å². The molecule has 0 radical (unpaired) electrons. The predicted molar refractivity (Wildman–Crippen MR) is 79.2 cm³/mol. The summed E-state index contributed by atoms with van der Waals surface area (Å²) in [5.74, 6) is 0.758. The third kappa shape index (κ3) is 2.95. The lowest BCUT2D eigenvalue weighted by molar-refractivity contribution is 1.23. The summed E-state index contributed by atoms with van der Waals surface area (Å²) in [6.07, 6.45) is 3.66. The minimum atomic E-state index is 0.758. The van der Waals surface area contributed by atoms with E-state index in [2.05, 4.69) is 45.7 Å². The first-order chi connectivity index (χ1) is 7.35. The number of rotatable bonds is 2. The Morgan fingerprint density at radius 1 is 1.53 bits per heavy atom. The van der Waals surface area contributed by atoms with Gasteiger partial charge in [0.2, 0.25) is 0 Å². The summed E-state index contributed by atoms with van der Waals surface area (Å²) in [5.41, 5.74) is 1.79.